The minimum Gasteiger partial charge on any atom is -0.495 e. The van der Waals surface area contributed by atoms with Crippen molar-refractivity contribution in [2.24, 2.45) is 0 Å². The van der Waals surface area contributed by atoms with E-state index in [1.807, 2.05) is 13.0 Å². The zero-order valence-electron chi connectivity index (χ0n) is 15.7. The highest BCUT2D eigenvalue weighted by Crippen LogP contribution is 2.25. The van der Waals surface area contributed by atoms with Crippen LogP contribution >= 0.6 is 0 Å². The molecule has 7 nitrogen and oxygen atoms in total. The number of aryl methyl sites for hydroxylation is 1. The maximum Gasteiger partial charge on any atom is 0.573 e. The van der Waals surface area contributed by atoms with Crippen LogP contribution in [0.4, 0.5) is 24.5 Å². The second-order valence-electron chi connectivity index (χ2n) is 5.96. The number of benzene rings is 2. The summed E-state index contributed by atoms with van der Waals surface area (Å²) in [5, 5.41) is 7.71. The Morgan fingerprint density at radius 2 is 1.79 bits per heavy atom. The predicted molar refractivity (Wildman–Crippen MR) is 101 cm³/mol. The lowest BCUT2D eigenvalue weighted by molar-refractivity contribution is -0.274. The zero-order valence-corrected chi connectivity index (χ0v) is 15.7. The van der Waals surface area contributed by atoms with Crippen LogP contribution in [0.2, 0.25) is 0 Å². The molecule has 2 aromatic carbocycles. The first kappa shape index (κ1) is 21.9. The van der Waals surface area contributed by atoms with Crippen LogP contribution in [0.25, 0.3) is 0 Å². The fourth-order valence-electron chi connectivity index (χ4n) is 2.34. The molecule has 0 saturated carbocycles. The number of rotatable bonds is 8. The minimum absolute atomic E-state index is 0.240. The molecule has 29 heavy (non-hydrogen) atoms. The largest absolute Gasteiger partial charge is 0.573 e. The third kappa shape index (κ3) is 7.60. The molecule has 0 fully saturated rings. The number of ether oxygens (including phenoxy) is 2. The Bertz CT molecular complexity index is 872. The summed E-state index contributed by atoms with van der Waals surface area (Å²) in [5.74, 6) is -0.895. The number of hydrogen-bond donors (Lipinski definition) is 3. The number of methoxy groups -OCH3 is 1. The Balaban J connectivity index is 1.81. The molecular weight excluding hydrogens is 391 g/mol. The van der Waals surface area contributed by atoms with E-state index in [4.69, 9.17) is 4.74 Å². The van der Waals surface area contributed by atoms with Crippen LogP contribution in [0.1, 0.15) is 5.56 Å². The summed E-state index contributed by atoms with van der Waals surface area (Å²) < 4.78 is 45.7. The van der Waals surface area contributed by atoms with Crippen LogP contribution in [-0.2, 0) is 9.59 Å². The molecular formula is C19H20F3N3O4. The fraction of sp³-hybridized carbons (Fsp3) is 0.263. The van der Waals surface area contributed by atoms with Gasteiger partial charge < -0.3 is 25.4 Å². The summed E-state index contributed by atoms with van der Waals surface area (Å²) in [6, 6.07) is 10.4. The number of anilines is 2. The molecule has 156 valence electrons. The van der Waals surface area contributed by atoms with Gasteiger partial charge in [0.15, 0.2) is 0 Å². The topological polar surface area (TPSA) is 88.7 Å². The Morgan fingerprint density at radius 3 is 2.48 bits per heavy atom. The Hall–Kier alpha value is -3.43. The van der Waals surface area contributed by atoms with Crippen molar-refractivity contribution in [1.82, 2.24) is 5.32 Å². The highest BCUT2D eigenvalue weighted by Gasteiger charge is 2.31. The first-order chi connectivity index (χ1) is 13.7. The summed E-state index contributed by atoms with van der Waals surface area (Å²) in [6.45, 7) is 1.34. The quantitative estimate of drug-likeness (QED) is 0.621. The molecule has 0 heterocycles. The average molecular weight is 411 g/mol. The maximum absolute atomic E-state index is 12.2. The first-order valence-corrected chi connectivity index (χ1v) is 8.47. The van der Waals surface area contributed by atoms with Gasteiger partial charge in [-0.3, -0.25) is 9.59 Å². The molecule has 0 aliphatic carbocycles. The lowest BCUT2D eigenvalue weighted by atomic mass is 10.2. The summed E-state index contributed by atoms with van der Waals surface area (Å²) in [4.78, 5) is 23.9. The molecule has 3 N–H and O–H groups in total. The molecule has 10 heteroatoms. The van der Waals surface area contributed by atoms with Crippen LogP contribution in [0.5, 0.6) is 11.5 Å². The van der Waals surface area contributed by atoms with Crippen molar-refractivity contribution in [1.29, 1.82) is 0 Å². The number of halogens is 3. The van der Waals surface area contributed by atoms with Crippen molar-refractivity contribution in [3.63, 3.8) is 0 Å². The van der Waals surface area contributed by atoms with Crippen LogP contribution in [0.15, 0.2) is 42.5 Å². The van der Waals surface area contributed by atoms with Crippen LogP contribution < -0.4 is 25.4 Å². The lowest BCUT2D eigenvalue weighted by Gasteiger charge is -2.12. The SMILES string of the molecule is COc1ccc(C)cc1NC(=O)CNC(=O)CNc1cccc(OC(F)(F)F)c1. The smallest absolute Gasteiger partial charge is 0.495 e. The van der Waals surface area contributed by atoms with Gasteiger partial charge in [-0.25, -0.2) is 0 Å². The molecule has 0 spiro atoms. The van der Waals surface area contributed by atoms with Gasteiger partial charge in [0.25, 0.3) is 0 Å². The molecule has 0 aliphatic heterocycles. The van der Waals surface area contributed by atoms with Crippen LogP contribution in [-0.4, -0.2) is 38.4 Å². The van der Waals surface area contributed by atoms with Crippen molar-refractivity contribution in [3.05, 3.63) is 48.0 Å². The van der Waals surface area contributed by atoms with Crippen molar-refractivity contribution < 1.29 is 32.2 Å². The van der Waals surface area contributed by atoms with Crippen molar-refractivity contribution in [2.75, 3.05) is 30.8 Å². The monoisotopic (exact) mass is 411 g/mol. The van der Waals surface area contributed by atoms with Crippen molar-refractivity contribution in [2.45, 2.75) is 13.3 Å². The van der Waals surface area contributed by atoms with E-state index in [2.05, 4.69) is 20.7 Å². The van der Waals surface area contributed by atoms with Gasteiger partial charge in [0.1, 0.15) is 11.5 Å². The summed E-state index contributed by atoms with van der Waals surface area (Å²) in [5.41, 5.74) is 1.66. The van der Waals surface area contributed by atoms with Crippen LogP contribution in [0.3, 0.4) is 0 Å². The van der Waals surface area contributed by atoms with E-state index in [9.17, 15) is 22.8 Å². The molecule has 0 saturated heterocycles. The lowest BCUT2D eigenvalue weighted by Crippen LogP contribution is -2.36. The van der Waals surface area contributed by atoms with Gasteiger partial charge in [0.05, 0.1) is 25.9 Å². The molecule has 0 radical (unpaired) electrons. The predicted octanol–water partition coefficient (Wildman–Crippen LogP) is 3.07. The Kier molecular flexibility index (Phi) is 7.29. The van der Waals surface area contributed by atoms with Gasteiger partial charge in [-0.15, -0.1) is 13.2 Å². The molecule has 2 rings (SSSR count). The van der Waals surface area contributed by atoms with E-state index in [1.54, 1.807) is 12.1 Å². The standard InChI is InChI=1S/C19H20F3N3O4/c1-12-6-7-16(28-2)15(8-12)25-18(27)11-24-17(26)10-23-13-4-3-5-14(9-13)29-19(20,21)22/h3-9,23H,10-11H2,1-2H3,(H,24,26)(H,25,27). The molecule has 0 atom stereocenters. The third-order valence-corrected chi connectivity index (χ3v) is 3.60. The van der Waals surface area contributed by atoms with Gasteiger partial charge in [0.2, 0.25) is 11.8 Å². The van der Waals surface area contributed by atoms with Gasteiger partial charge in [-0.1, -0.05) is 12.1 Å². The normalized spacial score (nSPS) is 10.8. The van der Waals surface area contributed by atoms with Gasteiger partial charge in [-0.05, 0) is 36.8 Å². The maximum atomic E-state index is 12.2. The highest BCUT2D eigenvalue weighted by atomic mass is 19.4. The van der Waals surface area contributed by atoms with E-state index in [0.29, 0.717) is 11.4 Å². The number of carbonyl (C=O) groups is 2. The Labute approximate surface area is 165 Å². The fourth-order valence-corrected chi connectivity index (χ4v) is 2.34. The average Bonchev–Trinajstić information content (AvgIpc) is 2.64. The Morgan fingerprint density at radius 1 is 1.03 bits per heavy atom. The number of alkyl halides is 3. The summed E-state index contributed by atoms with van der Waals surface area (Å²) in [6.07, 6.45) is -4.80. The number of hydrogen-bond acceptors (Lipinski definition) is 5. The van der Waals surface area contributed by atoms with Gasteiger partial charge in [-0.2, -0.15) is 0 Å². The molecule has 0 unspecified atom stereocenters. The summed E-state index contributed by atoms with van der Waals surface area (Å²) in [7, 11) is 1.47. The van der Waals surface area contributed by atoms with E-state index in [1.165, 1.54) is 19.2 Å². The summed E-state index contributed by atoms with van der Waals surface area (Å²) >= 11 is 0. The van der Waals surface area contributed by atoms with E-state index in [-0.39, 0.29) is 18.8 Å². The van der Waals surface area contributed by atoms with Gasteiger partial charge in [0, 0.05) is 11.8 Å². The molecule has 0 aliphatic rings. The first-order valence-electron chi connectivity index (χ1n) is 8.47. The van der Waals surface area contributed by atoms with Crippen molar-refractivity contribution in [3.8, 4) is 11.5 Å². The minimum atomic E-state index is -4.80. The van der Waals surface area contributed by atoms with E-state index < -0.39 is 23.9 Å². The highest BCUT2D eigenvalue weighted by molar-refractivity contribution is 5.96. The second kappa shape index (κ2) is 9.67. The molecule has 2 amide bonds. The third-order valence-electron chi connectivity index (χ3n) is 3.60. The zero-order chi connectivity index (χ0) is 21.4. The van der Waals surface area contributed by atoms with Crippen molar-refractivity contribution >= 4 is 23.2 Å². The molecule has 2 aromatic rings. The number of nitrogens with one attached hydrogen (secondary N) is 3. The number of carbonyl (C=O) groups excluding carboxylic acids is 2. The molecule has 0 bridgehead atoms. The molecule has 0 aromatic heterocycles. The number of amides is 2. The van der Waals surface area contributed by atoms with Gasteiger partial charge >= 0.3 is 6.36 Å². The van der Waals surface area contributed by atoms with E-state index >= 15 is 0 Å². The van der Waals surface area contributed by atoms with E-state index in [0.717, 1.165) is 17.7 Å². The second-order valence-corrected chi connectivity index (χ2v) is 5.96. The van der Waals surface area contributed by atoms with Crippen LogP contribution in [0, 0.1) is 6.92 Å².